The Balaban J connectivity index is 2.32. The number of hydrogen-bond acceptors (Lipinski definition) is 4. The van der Waals surface area contributed by atoms with Crippen molar-refractivity contribution in [2.45, 2.75) is 25.9 Å². The summed E-state index contributed by atoms with van der Waals surface area (Å²) in [6, 6.07) is 5.20. The molecule has 0 fully saturated rings. The molecule has 0 saturated carbocycles. The van der Waals surface area contributed by atoms with Crippen LogP contribution in [-0.4, -0.2) is 36.7 Å². The highest BCUT2D eigenvalue weighted by molar-refractivity contribution is 9.10. The summed E-state index contributed by atoms with van der Waals surface area (Å²) in [5, 5.41) is 0. The molecule has 5 nitrogen and oxygen atoms in total. The van der Waals surface area contributed by atoms with Gasteiger partial charge < -0.3 is 9.47 Å². The topological polar surface area (TPSA) is 55.8 Å². The van der Waals surface area contributed by atoms with E-state index in [2.05, 4.69) is 15.9 Å². The minimum absolute atomic E-state index is 0.272. The lowest BCUT2D eigenvalue weighted by atomic mass is 9.94. The van der Waals surface area contributed by atoms with E-state index >= 15 is 0 Å². The van der Waals surface area contributed by atoms with Crippen molar-refractivity contribution in [3.05, 3.63) is 33.8 Å². The van der Waals surface area contributed by atoms with Crippen LogP contribution in [0.4, 0.5) is 4.79 Å². The third-order valence-electron chi connectivity index (χ3n) is 3.27. The fourth-order valence-corrected chi connectivity index (χ4v) is 2.71. The summed E-state index contributed by atoms with van der Waals surface area (Å²) in [6.45, 7) is 2.35. The minimum atomic E-state index is -0.632. The number of amides is 1. The molecule has 6 heteroatoms. The van der Waals surface area contributed by atoms with Crippen molar-refractivity contribution < 1.29 is 19.1 Å². The van der Waals surface area contributed by atoms with Gasteiger partial charge in [-0.15, -0.1) is 0 Å². The Morgan fingerprint density at radius 1 is 1.40 bits per heavy atom. The molecule has 1 aromatic rings. The van der Waals surface area contributed by atoms with Crippen LogP contribution in [0.1, 0.15) is 18.1 Å². The molecule has 0 saturated heterocycles. The average molecular weight is 342 g/mol. The highest BCUT2D eigenvalue weighted by Crippen LogP contribution is 2.27. The summed E-state index contributed by atoms with van der Waals surface area (Å²) in [4.78, 5) is 25.3. The van der Waals surface area contributed by atoms with E-state index in [1.54, 1.807) is 6.92 Å². The normalized spacial score (nSPS) is 17.4. The maximum absolute atomic E-state index is 12.0. The van der Waals surface area contributed by atoms with E-state index in [0.29, 0.717) is 13.0 Å². The van der Waals surface area contributed by atoms with E-state index in [1.807, 2.05) is 18.2 Å². The van der Waals surface area contributed by atoms with Crippen LogP contribution in [0, 0.1) is 0 Å². The lowest BCUT2D eigenvalue weighted by Crippen LogP contribution is -2.49. The van der Waals surface area contributed by atoms with Gasteiger partial charge in [-0.1, -0.05) is 22.0 Å². The van der Waals surface area contributed by atoms with E-state index in [4.69, 9.17) is 9.47 Å². The molecule has 108 valence electrons. The molecule has 1 atom stereocenters. The summed E-state index contributed by atoms with van der Waals surface area (Å²) in [5.74, 6) is -0.424. The van der Waals surface area contributed by atoms with E-state index in [-0.39, 0.29) is 6.61 Å². The molecule has 1 amide bonds. The largest absolute Gasteiger partial charge is 0.467 e. The molecule has 1 aliphatic heterocycles. The third kappa shape index (κ3) is 2.95. The van der Waals surface area contributed by atoms with E-state index in [1.165, 1.54) is 12.0 Å². The van der Waals surface area contributed by atoms with Gasteiger partial charge >= 0.3 is 12.1 Å². The van der Waals surface area contributed by atoms with Gasteiger partial charge in [0.1, 0.15) is 6.04 Å². The van der Waals surface area contributed by atoms with Gasteiger partial charge in [-0.05, 0) is 30.2 Å². The number of rotatable bonds is 2. The van der Waals surface area contributed by atoms with Gasteiger partial charge in [0.05, 0.1) is 20.3 Å². The Labute approximate surface area is 126 Å². The molecule has 20 heavy (non-hydrogen) atoms. The SMILES string of the molecule is CCOC(=O)N1Cc2cc(Br)ccc2C[C@@H]1C(=O)OC. The number of carbonyl (C=O) groups is 2. The first-order valence-corrected chi connectivity index (χ1v) is 7.14. The van der Waals surface area contributed by atoms with Crippen LogP contribution >= 0.6 is 15.9 Å². The van der Waals surface area contributed by atoms with Crippen molar-refractivity contribution in [3.8, 4) is 0 Å². The number of ether oxygens (including phenoxy) is 2. The van der Waals surface area contributed by atoms with Crippen molar-refractivity contribution >= 4 is 28.0 Å². The summed E-state index contributed by atoms with van der Waals surface area (Å²) < 4.78 is 10.7. The van der Waals surface area contributed by atoms with Gasteiger partial charge in [0, 0.05) is 10.9 Å². The monoisotopic (exact) mass is 341 g/mol. The standard InChI is InChI=1S/C14H16BrNO4/c1-3-20-14(18)16-8-10-6-11(15)5-4-9(10)7-12(16)13(17)19-2/h4-6,12H,3,7-8H2,1-2H3/t12-/m1/s1. The molecule has 0 aliphatic carbocycles. The molecule has 1 heterocycles. The minimum Gasteiger partial charge on any atom is -0.467 e. The maximum atomic E-state index is 12.0. The predicted molar refractivity (Wildman–Crippen MR) is 76.2 cm³/mol. The second kappa shape index (κ2) is 6.26. The zero-order valence-electron chi connectivity index (χ0n) is 11.4. The molecule has 1 aliphatic rings. The molecule has 0 unspecified atom stereocenters. The third-order valence-corrected chi connectivity index (χ3v) is 3.77. The molecule has 0 radical (unpaired) electrons. The number of methoxy groups -OCH3 is 1. The smallest absolute Gasteiger partial charge is 0.410 e. The van der Waals surface area contributed by atoms with Crippen molar-refractivity contribution in [2.75, 3.05) is 13.7 Å². The van der Waals surface area contributed by atoms with Gasteiger partial charge in [-0.2, -0.15) is 0 Å². The number of halogens is 1. The first-order chi connectivity index (χ1) is 9.56. The highest BCUT2D eigenvalue weighted by atomic mass is 79.9. The second-order valence-corrected chi connectivity index (χ2v) is 5.40. The van der Waals surface area contributed by atoms with Crippen LogP contribution in [0.15, 0.2) is 22.7 Å². The second-order valence-electron chi connectivity index (χ2n) is 4.48. The Kier molecular flexibility index (Phi) is 4.65. The summed E-state index contributed by atoms with van der Waals surface area (Å²) in [5.41, 5.74) is 2.05. The molecule has 2 rings (SSSR count). The van der Waals surface area contributed by atoms with Gasteiger partial charge in [0.25, 0.3) is 0 Å². The Hall–Kier alpha value is -1.56. The molecule has 0 bridgehead atoms. The van der Waals surface area contributed by atoms with Crippen LogP contribution in [0.5, 0.6) is 0 Å². The summed E-state index contributed by atoms with van der Waals surface area (Å²) >= 11 is 3.41. The molecular weight excluding hydrogens is 326 g/mol. The average Bonchev–Trinajstić information content (AvgIpc) is 2.45. The first-order valence-electron chi connectivity index (χ1n) is 6.35. The molecule has 0 N–H and O–H groups in total. The van der Waals surface area contributed by atoms with Crippen LogP contribution in [0.25, 0.3) is 0 Å². The molecular formula is C14H16BrNO4. The van der Waals surface area contributed by atoms with Crippen LogP contribution in [0.3, 0.4) is 0 Å². The molecule has 0 aromatic heterocycles. The Morgan fingerprint density at radius 2 is 2.15 bits per heavy atom. The number of carbonyl (C=O) groups excluding carboxylic acids is 2. The fourth-order valence-electron chi connectivity index (χ4n) is 2.30. The van der Waals surface area contributed by atoms with Crippen molar-refractivity contribution in [1.29, 1.82) is 0 Å². The number of esters is 1. The van der Waals surface area contributed by atoms with Crippen molar-refractivity contribution in [2.24, 2.45) is 0 Å². The number of fused-ring (bicyclic) bond motifs is 1. The van der Waals surface area contributed by atoms with Crippen LogP contribution in [0.2, 0.25) is 0 Å². The zero-order valence-corrected chi connectivity index (χ0v) is 13.0. The van der Waals surface area contributed by atoms with Gasteiger partial charge in [-0.3, -0.25) is 4.90 Å². The van der Waals surface area contributed by atoms with Crippen LogP contribution < -0.4 is 0 Å². The summed E-state index contributed by atoms with van der Waals surface area (Å²) in [6.07, 6.45) is -0.0535. The quantitative estimate of drug-likeness (QED) is 0.775. The number of hydrogen-bond donors (Lipinski definition) is 0. The van der Waals surface area contributed by atoms with E-state index < -0.39 is 18.1 Å². The van der Waals surface area contributed by atoms with E-state index in [9.17, 15) is 9.59 Å². The lowest BCUT2D eigenvalue weighted by Gasteiger charge is -2.34. The Bertz CT molecular complexity index is 532. The predicted octanol–water partition coefficient (Wildman–Crippen LogP) is 2.51. The molecule has 0 spiro atoms. The lowest BCUT2D eigenvalue weighted by molar-refractivity contribution is -0.147. The Morgan fingerprint density at radius 3 is 2.80 bits per heavy atom. The first kappa shape index (κ1) is 14.8. The highest BCUT2D eigenvalue weighted by Gasteiger charge is 2.36. The number of benzene rings is 1. The van der Waals surface area contributed by atoms with Crippen LogP contribution in [-0.2, 0) is 27.2 Å². The van der Waals surface area contributed by atoms with Crippen molar-refractivity contribution in [3.63, 3.8) is 0 Å². The van der Waals surface area contributed by atoms with Crippen molar-refractivity contribution in [1.82, 2.24) is 4.90 Å². The molecule has 1 aromatic carbocycles. The zero-order chi connectivity index (χ0) is 14.7. The van der Waals surface area contributed by atoms with E-state index in [0.717, 1.165) is 15.6 Å². The fraction of sp³-hybridized carbons (Fsp3) is 0.429. The number of nitrogens with zero attached hydrogens (tertiary/aromatic N) is 1. The summed E-state index contributed by atoms with van der Waals surface area (Å²) in [7, 11) is 1.32. The maximum Gasteiger partial charge on any atom is 0.410 e. The van der Waals surface area contributed by atoms with Gasteiger partial charge in [0.2, 0.25) is 0 Å². The van der Waals surface area contributed by atoms with Gasteiger partial charge in [0.15, 0.2) is 0 Å². The van der Waals surface area contributed by atoms with Gasteiger partial charge in [-0.25, -0.2) is 9.59 Å².